The second-order valence-corrected chi connectivity index (χ2v) is 5.03. The Kier molecular flexibility index (Phi) is 3.80. The number of amides is 1. The lowest BCUT2D eigenvalue weighted by Gasteiger charge is -2.20. The number of fused-ring (bicyclic) bond motifs is 1. The number of aromatic nitrogens is 4. The van der Waals surface area contributed by atoms with Crippen LogP contribution in [0.15, 0.2) is 42.5 Å². The van der Waals surface area contributed by atoms with Crippen LogP contribution in [0.4, 0.5) is 5.95 Å². The van der Waals surface area contributed by atoms with Crippen molar-refractivity contribution in [3.63, 3.8) is 0 Å². The zero-order chi connectivity index (χ0) is 15.5. The van der Waals surface area contributed by atoms with Gasteiger partial charge in [-0.2, -0.15) is 5.21 Å². The molecule has 0 atom stereocenters. The van der Waals surface area contributed by atoms with Gasteiger partial charge in [-0.15, -0.1) is 10.2 Å². The molecule has 0 aliphatic heterocycles. The van der Waals surface area contributed by atoms with Crippen LogP contribution < -0.4 is 5.06 Å². The van der Waals surface area contributed by atoms with E-state index in [1.165, 1.54) is 0 Å². The van der Waals surface area contributed by atoms with Gasteiger partial charge in [-0.3, -0.25) is 9.63 Å². The van der Waals surface area contributed by atoms with Crippen molar-refractivity contribution in [1.29, 1.82) is 0 Å². The molecule has 0 radical (unpaired) electrons. The summed E-state index contributed by atoms with van der Waals surface area (Å²) < 4.78 is 0. The first kappa shape index (κ1) is 14.2. The van der Waals surface area contributed by atoms with Gasteiger partial charge in [-0.25, -0.2) is 0 Å². The Hall–Kier alpha value is -2.80. The van der Waals surface area contributed by atoms with Crippen molar-refractivity contribution < 1.29 is 9.63 Å². The third-order valence-electron chi connectivity index (χ3n) is 3.01. The summed E-state index contributed by atoms with van der Waals surface area (Å²) in [4.78, 5) is 18.2. The fraction of sp³-hybridized carbons (Fsp3) is 0.200. The van der Waals surface area contributed by atoms with Gasteiger partial charge in [-0.05, 0) is 42.0 Å². The Morgan fingerprint density at radius 2 is 1.95 bits per heavy atom. The van der Waals surface area contributed by atoms with E-state index in [4.69, 9.17) is 4.84 Å². The highest BCUT2D eigenvalue weighted by Crippen LogP contribution is 2.19. The lowest BCUT2D eigenvalue weighted by atomic mass is 10.1. The fourth-order valence-electron chi connectivity index (χ4n) is 2.08. The third kappa shape index (κ3) is 2.79. The van der Waals surface area contributed by atoms with Gasteiger partial charge in [0.15, 0.2) is 0 Å². The van der Waals surface area contributed by atoms with E-state index in [0.717, 1.165) is 15.8 Å². The number of H-pyrrole nitrogens is 1. The number of carbonyl (C=O) groups is 1. The second kappa shape index (κ2) is 5.90. The molecule has 0 aliphatic carbocycles. The summed E-state index contributed by atoms with van der Waals surface area (Å²) in [5, 5.41) is 16.5. The van der Waals surface area contributed by atoms with Crippen molar-refractivity contribution in [3.05, 3.63) is 48.0 Å². The van der Waals surface area contributed by atoms with E-state index >= 15 is 0 Å². The molecule has 3 rings (SSSR count). The molecule has 0 unspecified atom stereocenters. The largest absolute Gasteiger partial charge is 0.297 e. The molecule has 1 N–H and O–H groups in total. The molecule has 7 nitrogen and oxygen atoms in total. The standard InChI is InChI=1S/C15H15N5O2/c1-10(2)22-20(15-16-18-19-17-15)14(21)13-8-7-11-5-3-4-6-12(11)9-13/h3-10H,1-2H3,(H,16,17,18,19). The summed E-state index contributed by atoms with van der Waals surface area (Å²) in [6, 6.07) is 13.3. The molecular weight excluding hydrogens is 282 g/mol. The zero-order valence-corrected chi connectivity index (χ0v) is 12.2. The van der Waals surface area contributed by atoms with Crippen molar-refractivity contribution in [2.24, 2.45) is 0 Å². The van der Waals surface area contributed by atoms with Crippen molar-refractivity contribution in [2.45, 2.75) is 20.0 Å². The maximum absolute atomic E-state index is 12.7. The molecule has 112 valence electrons. The predicted molar refractivity (Wildman–Crippen MR) is 81.2 cm³/mol. The molecule has 7 heteroatoms. The quantitative estimate of drug-likeness (QED) is 0.747. The molecular formula is C15H15N5O2. The molecule has 0 fully saturated rings. The lowest BCUT2D eigenvalue weighted by Crippen LogP contribution is -2.34. The van der Waals surface area contributed by atoms with E-state index in [1.54, 1.807) is 6.07 Å². The minimum atomic E-state index is -0.346. The molecule has 1 heterocycles. The maximum Gasteiger partial charge on any atom is 0.297 e. The number of benzene rings is 2. The van der Waals surface area contributed by atoms with E-state index in [9.17, 15) is 4.79 Å². The van der Waals surface area contributed by atoms with E-state index < -0.39 is 0 Å². The number of carbonyl (C=O) groups excluding carboxylic acids is 1. The molecule has 3 aromatic rings. The minimum Gasteiger partial charge on any atom is -0.266 e. The van der Waals surface area contributed by atoms with E-state index in [-0.39, 0.29) is 18.0 Å². The SMILES string of the molecule is CC(C)ON(C(=O)c1ccc2ccccc2c1)c1nn[nH]n1. The molecule has 1 amide bonds. The Balaban J connectivity index is 1.97. The average Bonchev–Trinajstić information content (AvgIpc) is 3.05. The summed E-state index contributed by atoms with van der Waals surface area (Å²) in [7, 11) is 0. The molecule has 0 aliphatic rings. The van der Waals surface area contributed by atoms with Crippen LogP contribution in [0.2, 0.25) is 0 Å². The number of hydroxylamine groups is 1. The highest BCUT2D eigenvalue weighted by molar-refractivity contribution is 6.05. The topological polar surface area (TPSA) is 84.0 Å². The van der Waals surface area contributed by atoms with Crippen molar-refractivity contribution in [2.75, 3.05) is 5.06 Å². The minimum absolute atomic E-state index is 0.0758. The third-order valence-corrected chi connectivity index (χ3v) is 3.01. The average molecular weight is 297 g/mol. The van der Waals surface area contributed by atoms with Crippen molar-refractivity contribution in [1.82, 2.24) is 20.6 Å². The molecule has 2 aromatic carbocycles. The number of anilines is 1. The molecule has 22 heavy (non-hydrogen) atoms. The van der Waals surface area contributed by atoms with Crippen LogP contribution in [0.5, 0.6) is 0 Å². The normalized spacial score (nSPS) is 11.0. The highest BCUT2D eigenvalue weighted by atomic mass is 16.7. The maximum atomic E-state index is 12.7. The van der Waals surface area contributed by atoms with Crippen molar-refractivity contribution >= 4 is 22.6 Å². The first-order valence-electron chi connectivity index (χ1n) is 6.88. The van der Waals surface area contributed by atoms with E-state index in [2.05, 4.69) is 20.6 Å². The number of nitrogens with one attached hydrogen (secondary N) is 1. The summed E-state index contributed by atoms with van der Waals surface area (Å²) in [6.07, 6.45) is -0.206. The first-order valence-corrected chi connectivity index (χ1v) is 6.88. The van der Waals surface area contributed by atoms with Gasteiger partial charge in [0.1, 0.15) is 0 Å². The molecule has 1 aromatic heterocycles. The van der Waals surface area contributed by atoms with Gasteiger partial charge >= 0.3 is 0 Å². The fourth-order valence-corrected chi connectivity index (χ4v) is 2.08. The van der Waals surface area contributed by atoms with Gasteiger partial charge < -0.3 is 0 Å². The molecule has 0 bridgehead atoms. The smallest absolute Gasteiger partial charge is 0.266 e. The number of rotatable bonds is 4. The number of hydrogen-bond donors (Lipinski definition) is 1. The van der Waals surface area contributed by atoms with E-state index in [0.29, 0.717) is 5.56 Å². The Bertz CT molecular complexity index is 785. The monoisotopic (exact) mass is 297 g/mol. The summed E-state index contributed by atoms with van der Waals surface area (Å²) in [5.74, 6) is -0.271. The Morgan fingerprint density at radius 3 is 2.64 bits per heavy atom. The van der Waals surface area contributed by atoms with Crippen LogP contribution in [0.1, 0.15) is 24.2 Å². The molecule has 0 saturated carbocycles. The molecule has 0 spiro atoms. The van der Waals surface area contributed by atoms with Crippen LogP contribution in [0.3, 0.4) is 0 Å². The molecule has 0 saturated heterocycles. The number of nitrogens with zero attached hydrogens (tertiary/aromatic N) is 4. The highest BCUT2D eigenvalue weighted by Gasteiger charge is 2.24. The first-order chi connectivity index (χ1) is 10.6. The Morgan fingerprint density at radius 1 is 1.18 bits per heavy atom. The number of hydrogen-bond acceptors (Lipinski definition) is 5. The number of aromatic amines is 1. The van der Waals surface area contributed by atoms with Gasteiger partial charge in [0.2, 0.25) is 0 Å². The van der Waals surface area contributed by atoms with E-state index in [1.807, 2.05) is 50.2 Å². The van der Waals surface area contributed by atoms with Crippen LogP contribution in [-0.4, -0.2) is 32.6 Å². The summed E-state index contributed by atoms with van der Waals surface area (Å²) in [6.45, 7) is 3.64. The summed E-state index contributed by atoms with van der Waals surface area (Å²) >= 11 is 0. The van der Waals surface area contributed by atoms with Crippen LogP contribution >= 0.6 is 0 Å². The van der Waals surface area contributed by atoms with Gasteiger partial charge in [-0.1, -0.05) is 35.4 Å². The second-order valence-electron chi connectivity index (χ2n) is 5.03. The van der Waals surface area contributed by atoms with Crippen LogP contribution in [0.25, 0.3) is 10.8 Å². The Labute approximate surface area is 126 Å². The van der Waals surface area contributed by atoms with Gasteiger partial charge in [0, 0.05) is 5.56 Å². The van der Waals surface area contributed by atoms with Gasteiger partial charge in [0.25, 0.3) is 11.9 Å². The zero-order valence-electron chi connectivity index (χ0n) is 12.2. The van der Waals surface area contributed by atoms with Gasteiger partial charge in [0.05, 0.1) is 6.10 Å². The van der Waals surface area contributed by atoms with Crippen LogP contribution in [0, 0.1) is 0 Å². The summed E-state index contributed by atoms with van der Waals surface area (Å²) in [5.41, 5.74) is 0.490. The predicted octanol–water partition coefficient (Wildman–Crippen LogP) is 2.34. The van der Waals surface area contributed by atoms with Crippen LogP contribution in [-0.2, 0) is 4.84 Å². The lowest BCUT2D eigenvalue weighted by molar-refractivity contribution is 0.0402. The van der Waals surface area contributed by atoms with Crippen molar-refractivity contribution in [3.8, 4) is 0 Å². The number of tetrazole rings is 1.